The minimum Gasteiger partial charge on any atom is -0.309 e. The third-order valence-electron chi connectivity index (χ3n) is 12.7. The van der Waals surface area contributed by atoms with Gasteiger partial charge in [0.1, 0.15) is 0 Å². The molecule has 3 heteroatoms. The van der Waals surface area contributed by atoms with Gasteiger partial charge in [0.05, 0.1) is 27.8 Å². The average Bonchev–Trinajstić information content (AvgIpc) is 3.83. The van der Waals surface area contributed by atoms with Gasteiger partial charge < -0.3 is 9.13 Å². The van der Waals surface area contributed by atoms with Gasteiger partial charge in [0.15, 0.2) is 0 Å². The van der Waals surface area contributed by atoms with Crippen LogP contribution in [0.5, 0.6) is 0 Å². The predicted octanol–water partition coefficient (Wildman–Crippen LogP) is 15.2. The van der Waals surface area contributed by atoms with Crippen molar-refractivity contribution in [3.63, 3.8) is 0 Å². The number of aromatic nitrogens is 3. The van der Waals surface area contributed by atoms with Gasteiger partial charge in [-0.2, -0.15) is 0 Å². The molecule has 0 spiro atoms. The second-order valence-electron chi connectivity index (χ2n) is 15.9. The minimum absolute atomic E-state index is 0.998. The third-order valence-corrected chi connectivity index (χ3v) is 12.7. The van der Waals surface area contributed by atoms with Crippen LogP contribution < -0.4 is 0 Å². The number of rotatable bonds is 4. The first-order chi connectivity index (χ1) is 29.8. The number of hydrogen-bond acceptors (Lipinski definition) is 1. The van der Waals surface area contributed by atoms with Crippen LogP contribution in [0.15, 0.2) is 212 Å². The van der Waals surface area contributed by atoms with Gasteiger partial charge in [-0.3, -0.25) is 4.98 Å². The van der Waals surface area contributed by atoms with Crippen LogP contribution in [0, 0.1) is 0 Å². The highest BCUT2D eigenvalue weighted by Gasteiger charge is 2.18. The molecule has 0 atom stereocenters. The van der Waals surface area contributed by atoms with Crippen LogP contribution in [-0.2, 0) is 0 Å². The van der Waals surface area contributed by atoms with E-state index < -0.39 is 0 Å². The summed E-state index contributed by atoms with van der Waals surface area (Å²) in [6, 6.07) is 75.5. The first-order valence-electron chi connectivity index (χ1n) is 20.6. The van der Waals surface area contributed by atoms with Gasteiger partial charge in [-0.15, -0.1) is 0 Å². The Morgan fingerprint density at radius 1 is 0.267 bits per heavy atom. The van der Waals surface area contributed by atoms with Gasteiger partial charge in [-0.05, 0) is 116 Å². The van der Waals surface area contributed by atoms with Crippen LogP contribution in [0.3, 0.4) is 0 Å². The topological polar surface area (TPSA) is 22.8 Å². The van der Waals surface area contributed by atoms with Gasteiger partial charge in [0.25, 0.3) is 0 Å². The Balaban J connectivity index is 0.964. The van der Waals surface area contributed by atoms with Crippen molar-refractivity contribution in [3.8, 4) is 33.8 Å². The molecule has 0 aliphatic rings. The molecule has 13 rings (SSSR count). The Kier molecular flexibility index (Phi) is 7.01. The molecule has 0 fully saturated rings. The van der Waals surface area contributed by atoms with Crippen molar-refractivity contribution < 1.29 is 0 Å². The molecular weight excluding hydrogens is 727 g/mol. The van der Waals surface area contributed by atoms with Crippen molar-refractivity contribution in [2.45, 2.75) is 0 Å². The maximum absolute atomic E-state index is 4.85. The summed E-state index contributed by atoms with van der Waals surface area (Å²) in [6.45, 7) is 0. The van der Waals surface area contributed by atoms with Crippen LogP contribution in [0.2, 0.25) is 0 Å². The van der Waals surface area contributed by atoms with Crippen molar-refractivity contribution >= 4 is 86.7 Å². The predicted molar refractivity (Wildman–Crippen MR) is 254 cm³/mol. The van der Waals surface area contributed by atoms with E-state index in [1.807, 2.05) is 6.20 Å². The average molecular weight is 762 g/mol. The first kappa shape index (κ1) is 33.0. The first-order valence-corrected chi connectivity index (χ1v) is 20.6. The van der Waals surface area contributed by atoms with Crippen LogP contribution in [0.4, 0.5) is 0 Å². The summed E-state index contributed by atoms with van der Waals surface area (Å²) in [6.07, 6.45) is 1.91. The highest BCUT2D eigenvalue weighted by Crippen LogP contribution is 2.41. The van der Waals surface area contributed by atoms with E-state index in [4.69, 9.17) is 4.98 Å². The van der Waals surface area contributed by atoms with Gasteiger partial charge in [0.2, 0.25) is 0 Å². The fraction of sp³-hybridized carbons (Fsp3) is 0. The van der Waals surface area contributed by atoms with E-state index >= 15 is 0 Å². The van der Waals surface area contributed by atoms with E-state index in [-0.39, 0.29) is 0 Å². The van der Waals surface area contributed by atoms with Crippen molar-refractivity contribution in [2.24, 2.45) is 0 Å². The maximum atomic E-state index is 4.85. The van der Waals surface area contributed by atoms with Crippen LogP contribution in [0.25, 0.3) is 120 Å². The highest BCUT2D eigenvalue weighted by atomic mass is 15.0. The zero-order chi connectivity index (χ0) is 39.3. The fourth-order valence-corrected chi connectivity index (χ4v) is 10.0. The lowest BCUT2D eigenvalue weighted by Gasteiger charge is -2.14. The maximum Gasteiger partial charge on any atom is 0.0781 e. The summed E-state index contributed by atoms with van der Waals surface area (Å²) >= 11 is 0. The van der Waals surface area contributed by atoms with Gasteiger partial charge in [-0.25, -0.2) is 0 Å². The molecule has 0 amide bonds. The number of fused-ring (bicyclic) bond motifs is 13. The standard InChI is InChI=1S/C57H35N3/c1-2-15-42-36(12-1)30-31-58-57(42)39-13-11-14-40(32-39)59-53-22-9-7-20-48(53)51-33-37(24-28-55(51)59)38-25-29-56-52(34-38)49-21-8-10-23-54(49)60(56)41-26-27-47-45-18-4-3-16-43(45)44-17-5-6-19-46(44)50(47)35-41/h1-35H. The summed E-state index contributed by atoms with van der Waals surface area (Å²) in [5.74, 6) is 0. The molecule has 0 aliphatic carbocycles. The van der Waals surface area contributed by atoms with Gasteiger partial charge in [-0.1, -0.05) is 140 Å². The van der Waals surface area contributed by atoms with Gasteiger partial charge in [0, 0.05) is 50.1 Å². The lowest BCUT2D eigenvalue weighted by Crippen LogP contribution is -1.95. The zero-order valence-corrected chi connectivity index (χ0v) is 32.5. The summed E-state index contributed by atoms with van der Waals surface area (Å²) in [5.41, 5.74) is 11.5. The number of para-hydroxylation sites is 2. The Morgan fingerprint density at radius 2 is 0.750 bits per heavy atom. The second-order valence-corrected chi connectivity index (χ2v) is 15.9. The Hall–Kier alpha value is -8.01. The molecule has 278 valence electrons. The molecule has 0 saturated heterocycles. The Morgan fingerprint density at radius 3 is 1.37 bits per heavy atom. The molecule has 0 unspecified atom stereocenters. The largest absolute Gasteiger partial charge is 0.309 e. The van der Waals surface area contributed by atoms with Crippen molar-refractivity contribution in [2.75, 3.05) is 0 Å². The summed E-state index contributed by atoms with van der Waals surface area (Å²) in [5, 5.41) is 15.0. The van der Waals surface area contributed by atoms with Crippen molar-refractivity contribution in [3.05, 3.63) is 212 Å². The number of benzene rings is 10. The fourth-order valence-electron chi connectivity index (χ4n) is 10.0. The molecule has 0 radical (unpaired) electrons. The molecule has 3 nitrogen and oxygen atoms in total. The van der Waals surface area contributed by atoms with E-state index in [1.54, 1.807) is 0 Å². The minimum atomic E-state index is 0.998. The van der Waals surface area contributed by atoms with E-state index in [1.165, 1.54) is 92.4 Å². The van der Waals surface area contributed by atoms with Crippen LogP contribution in [0.1, 0.15) is 0 Å². The molecule has 0 aliphatic heterocycles. The van der Waals surface area contributed by atoms with E-state index in [2.05, 4.69) is 215 Å². The Bertz CT molecular complexity index is 3860. The Labute approximate surface area is 345 Å². The smallest absolute Gasteiger partial charge is 0.0781 e. The summed E-state index contributed by atoms with van der Waals surface area (Å²) < 4.78 is 4.84. The molecule has 10 aromatic carbocycles. The second kappa shape index (κ2) is 12.7. The van der Waals surface area contributed by atoms with Crippen molar-refractivity contribution in [1.82, 2.24) is 14.1 Å². The summed E-state index contributed by atoms with van der Waals surface area (Å²) in [4.78, 5) is 4.85. The lowest BCUT2D eigenvalue weighted by atomic mass is 9.94. The van der Waals surface area contributed by atoms with E-state index in [0.717, 1.165) is 28.0 Å². The lowest BCUT2D eigenvalue weighted by molar-refractivity contribution is 1.18. The molecular formula is C57H35N3. The number of hydrogen-bond donors (Lipinski definition) is 0. The molecule has 0 saturated carbocycles. The SMILES string of the molecule is c1cc(-c2nccc3ccccc23)cc(-n2c3ccccc3c3cc(-c4ccc5c(c4)c4ccccc4n5-c4ccc5c6ccccc6c6ccccc6c5c4)ccc32)c1. The van der Waals surface area contributed by atoms with E-state index in [9.17, 15) is 0 Å². The van der Waals surface area contributed by atoms with E-state index in [0.29, 0.717) is 0 Å². The monoisotopic (exact) mass is 761 g/mol. The summed E-state index contributed by atoms with van der Waals surface area (Å²) in [7, 11) is 0. The molecule has 3 heterocycles. The quantitative estimate of drug-likeness (QED) is 0.164. The van der Waals surface area contributed by atoms with Crippen molar-refractivity contribution in [1.29, 1.82) is 0 Å². The third kappa shape index (κ3) is 4.81. The molecule has 60 heavy (non-hydrogen) atoms. The molecule has 0 N–H and O–H groups in total. The molecule has 0 bridgehead atoms. The zero-order valence-electron chi connectivity index (χ0n) is 32.5. The molecule has 3 aromatic heterocycles. The highest BCUT2D eigenvalue weighted by molar-refractivity contribution is 6.25. The van der Waals surface area contributed by atoms with Crippen LogP contribution >= 0.6 is 0 Å². The number of nitrogens with zero attached hydrogens (tertiary/aromatic N) is 3. The molecule has 13 aromatic rings. The van der Waals surface area contributed by atoms with Gasteiger partial charge >= 0.3 is 0 Å². The normalized spacial score (nSPS) is 12.0. The number of pyridine rings is 1. The van der Waals surface area contributed by atoms with Crippen LogP contribution in [-0.4, -0.2) is 14.1 Å².